The Hall–Kier alpha value is -1.29. The van der Waals surface area contributed by atoms with Gasteiger partial charge in [0.25, 0.3) is 0 Å². The van der Waals surface area contributed by atoms with Gasteiger partial charge in [0.05, 0.1) is 0 Å². The molecule has 0 atom stereocenters. The first-order valence-corrected chi connectivity index (χ1v) is 3.64. The highest BCUT2D eigenvalue weighted by Gasteiger charge is 1.99. The lowest BCUT2D eigenvalue weighted by molar-refractivity contribution is -0.570. The molecule has 1 aromatic rings. The van der Waals surface area contributed by atoms with Crippen LogP contribution in [0.25, 0.3) is 0 Å². The van der Waals surface area contributed by atoms with Gasteiger partial charge in [0, 0.05) is 10.6 Å². The SMILES string of the molecule is [O-]/[N+](Cc1cccc(Cl)c1)=N/O. The molecular weight excluding hydrogens is 180 g/mol. The molecule has 0 aromatic heterocycles. The summed E-state index contributed by atoms with van der Waals surface area (Å²) in [6, 6.07) is 6.79. The van der Waals surface area contributed by atoms with E-state index in [1.54, 1.807) is 24.3 Å². The van der Waals surface area contributed by atoms with Crippen LogP contribution in [0.3, 0.4) is 0 Å². The molecule has 0 aliphatic rings. The molecule has 0 amide bonds. The van der Waals surface area contributed by atoms with E-state index >= 15 is 0 Å². The van der Waals surface area contributed by atoms with E-state index in [1.165, 1.54) is 0 Å². The highest BCUT2D eigenvalue weighted by Crippen LogP contribution is 2.10. The lowest BCUT2D eigenvalue weighted by atomic mass is 10.2. The van der Waals surface area contributed by atoms with Crippen LogP contribution in [0.5, 0.6) is 0 Å². The molecule has 0 aliphatic heterocycles. The van der Waals surface area contributed by atoms with Crippen LogP contribution in [0.15, 0.2) is 29.5 Å². The number of hydrogen-bond donors (Lipinski definition) is 1. The van der Waals surface area contributed by atoms with Crippen molar-refractivity contribution in [2.24, 2.45) is 5.28 Å². The maximum Gasteiger partial charge on any atom is 0.209 e. The molecule has 12 heavy (non-hydrogen) atoms. The summed E-state index contributed by atoms with van der Waals surface area (Å²) in [4.78, 5) is 0.172. The molecule has 1 aromatic carbocycles. The Balaban J connectivity index is 2.76. The minimum absolute atomic E-state index is 0.00292. The van der Waals surface area contributed by atoms with Crippen molar-refractivity contribution in [2.45, 2.75) is 6.54 Å². The van der Waals surface area contributed by atoms with Crippen LogP contribution in [0.1, 0.15) is 5.56 Å². The normalized spacial score (nSPS) is 11.6. The smallest absolute Gasteiger partial charge is 0.209 e. The third kappa shape index (κ3) is 2.39. The summed E-state index contributed by atoms with van der Waals surface area (Å²) in [5, 5.41) is 21.6. The number of halogens is 1. The maximum absolute atomic E-state index is 10.5. The summed E-state index contributed by atoms with van der Waals surface area (Å²) in [5.74, 6) is 0. The summed E-state index contributed by atoms with van der Waals surface area (Å²) >= 11 is 5.66. The van der Waals surface area contributed by atoms with Crippen molar-refractivity contribution < 1.29 is 10.1 Å². The molecule has 0 fully saturated rings. The highest BCUT2D eigenvalue weighted by molar-refractivity contribution is 6.30. The second-order valence-electron chi connectivity index (χ2n) is 2.23. The van der Waals surface area contributed by atoms with Crippen LogP contribution in [-0.2, 0) is 6.54 Å². The fourth-order valence-corrected chi connectivity index (χ4v) is 1.04. The quantitative estimate of drug-likeness (QED) is 0.437. The van der Waals surface area contributed by atoms with Crippen LogP contribution in [0, 0.1) is 5.21 Å². The van der Waals surface area contributed by atoms with Crippen molar-refractivity contribution in [3.8, 4) is 0 Å². The molecular formula is C7H7ClN2O2. The van der Waals surface area contributed by atoms with Gasteiger partial charge in [-0.25, -0.2) is 0 Å². The molecule has 64 valence electrons. The van der Waals surface area contributed by atoms with E-state index in [0.717, 1.165) is 0 Å². The fourth-order valence-electron chi connectivity index (χ4n) is 0.823. The molecule has 0 spiro atoms. The second kappa shape index (κ2) is 3.92. The Morgan fingerprint density at radius 2 is 2.33 bits per heavy atom. The molecule has 0 aliphatic carbocycles. The summed E-state index contributed by atoms with van der Waals surface area (Å²) in [6.07, 6.45) is 0. The van der Waals surface area contributed by atoms with E-state index < -0.39 is 0 Å². The predicted octanol–water partition coefficient (Wildman–Crippen LogP) is 2.19. The van der Waals surface area contributed by atoms with Gasteiger partial charge in [-0.1, -0.05) is 28.6 Å². The van der Waals surface area contributed by atoms with Crippen LogP contribution in [-0.4, -0.2) is 10.1 Å². The molecule has 1 N–H and O–H groups in total. The standard InChI is InChI=1S/C7H7ClN2O2/c8-7-3-1-2-6(4-7)5-10(12)9-11/h1-4,11H,5H2/b10-9+. The average molecular weight is 187 g/mol. The van der Waals surface area contributed by atoms with Crippen molar-refractivity contribution in [3.05, 3.63) is 40.1 Å². The van der Waals surface area contributed by atoms with Crippen molar-refractivity contribution in [2.75, 3.05) is 0 Å². The molecule has 5 heteroatoms. The van der Waals surface area contributed by atoms with Gasteiger partial charge in [0.1, 0.15) is 0 Å². The van der Waals surface area contributed by atoms with E-state index in [-0.39, 0.29) is 11.4 Å². The average Bonchev–Trinajstić information content (AvgIpc) is 2.04. The molecule has 0 radical (unpaired) electrons. The summed E-state index contributed by atoms with van der Waals surface area (Å²) < 4.78 is 0. The van der Waals surface area contributed by atoms with E-state index in [2.05, 4.69) is 5.28 Å². The van der Waals surface area contributed by atoms with Crippen molar-refractivity contribution in [1.29, 1.82) is 0 Å². The van der Waals surface area contributed by atoms with Crippen LogP contribution in [0.2, 0.25) is 5.02 Å². The molecule has 4 nitrogen and oxygen atoms in total. The van der Waals surface area contributed by atoms with Gasteiger partial charge in [0.15, 0.2) is 5.28 Å². The number of rotatable bonds is 2. The fraction of sp³-hybridized carbons (Fsp3) is 0.143. The lowest BCUT2D eigenvalue weighted by Crippen LogP contribution is -1.99. The lowest BCUT2D eigenvalue weighted by Gasteiger charge is -1.98. The van der Waals surface area contributed by atoms with Gasteiger partial charge < -0.3 is 10.4 Å². The monoisotopic (exact) mass is 186 g/mol. The Bertz CT molecular complexity index is 301. The van der Waals surface area contributed by atoms with Gasteiger partial charge in [-0.3, -0.25) is 0 Å². The zero-order valence-electron chi connectivity index (χ0n) is 6.14. The Kier molecular flexibility index (Phi) is 2.88. The summed E-state index contributed by atoms with van der Waals surface area (Å²) in [6.45, 7) is -0.00292. The first-order valence-electron chi connectivity index (χ1n) is 3.26. The first kappa shape index (κ1) is 8.80. The topological polar surface area (TPSA) is 58.7 Å². The second-order valence-corrected chi connectivity index (χ2v) is 2.67. The molecule has 0 unspecified atom stereocenters. The van der Waals surface area contributed by atoms with E-state index in [0.29, 0.717) is 10.6 Å². The molecule has 0 heterocycles. The summed E-state index contributed by atoms with van der Waals surface area (Å²) in [7, 11) is 0. The van der Waals surface area contributed by atoms with Crippen LogP contribution < -0.4 is 0 Å². The molecule has 0 saturated carbocycles. The van der Waals surface area contributed by atoms with Gasteiger partial charge in [-0.05, 0) is 12.1 Å². The molecule has 0 bridgehead atoms. The third-order valence-electron chi connectivity index (χ3n) is 1.31. The Morgan fingerprint density at radius 1 is 1.58 bits per heavy atom. The van der Waals surface area contributed by atoms with Crippen molar-refractivity contribution in [1.82, 2.24) is 0 Å². The maximum atomic E-state index is 10.5. The number of benzene rings is 1. The number of hydrogen-bond acceptors (Lipinski definition) is 2. The third-order valence-corrected chi connectivity index (χ3v) is 1.54. The van der Waals surface area contributed by atoms with E-state index in [1.807, 2.05) is 0 Å². The van der Waals surface area contributed by atoms with Crippen molar-refractivity contribution >= 4 is 11.6 Å². The Morgan fingerprint density at radius 3 is 2.92 bits per heavy atom. The zero-order valence-corrected chi connectivity index (χ0v) is 6.90. The summed E-state index contributed by atoms with van der Waals surface area (Å²) in [5.41, 5.74) is 0.704. The van der Waals surface area contributed by atoms with E-state index in [9.17, 15) is 5.21 Å². The zero-order chi connectivity index (χ0) is 8.97. The van der Waals surface area contributed by atoms with E-state index in [4.69, 9.17) is 16.8 Å². The molecule has 1 rings (SSSR count). The van der Waals surface area contributed by atoms with Crippen LogP contribution in [0.4, 0.5) is 0 Å². The van der Waals surface area contributed by atoms with Crippen molar-refractivity contribution in [3.63, 3.8) is 0 Å². The number of nitrogens with zero attached hydrogens (tertiary/aromatic N) is 2. The minimum Gasteiger partial charge on any atom is -0.597 e. The van der Waals surface area contributed by atoms with Gasteiger partial charge in [-0.2, -0.15) is 0 Å². The highest BCUT2D eigenvalue weighted by atomic mass is 35.5. The predicted molar refractivity (Wildman–Crippen MR) is 43.0 cm³/mol. The molecule has 0 saturated heterocycles. The van der Waals surface area contributed by atoms with Gasteiger partial charge in [0.2, 0.25) is 6.54 Å². The minimum atomic E-state index is -0.00292. The number of hydroxylamine groups is 1. The van der Waals surface area contributed by atoms with Gasteiger partial charge in [-0.15, -0.1) is 0 Å². The first-order chi connectivity index (χ1) is 5.72. The largest absolute Gasteiger partial charge is 0.597 e. The van der Waals surface area contributed by atoms with Crippen LogP contribution >= 0.6 is 11.6 Å². The van der Waals surface area contributed by atoms with Gasteiger partial charge >= 0.3 is 0 Å². The Labute approximate surface area is 74.3 Å².